The zero-order valence-corrected chi connectivity index (χ0v) is 10.3. The van der Waals surface area contributed by atoms with Gasteiger partial charge in [-0.3, -0.25) is 0 Å². The summed E-state index contributed by atoms with van der Waals surface area (Å²) in [5, 5.41) is 31.2. The van der Waals surface area contributed by atoms with Crippen molar-refractivity contribution < 1.29 is 15.3 Å². The van der Waals surface area contributed by atoms with Gasteiger partial charge in [-0.2, -0.15) is 0 Å². The number of aliphatic hydroxyl groups is 1. The molecule has 0 radical (unpaired) electrons. The van der Waals surface area contributed by atoms with Crippen molar-refractivity contribution in [2.24, 2.45) is 0 Å². The normalized spacial score (nSPS) is 14.5. The molecule has 0 amide bonds. The molecule has 0 saturated carbocycles. The van der Waals surface area contributed by atoms with Crippen molar-refractivity contribution in [1.82, 2.24) is 5.32 Å². The molecule has 2 unspecified atom stereocenters. The topological polar surface area (TPSA) is 72.7 Å². The van der Waals surface area contributed by atoms with Gasteiger partial charge in [0.2, 0.25) is 0 Å². The van der Waals surface area contributed by atoms with Gasteiger partial charge in [0.25, 0.3) is 0 Å². The van der Waals surface area contributed by atoms with Gasteiger partial charge in [0.05, 0.1) is 0 Å². The zero-order valence-electron chi connectivity index (χ0n) is 10.3. The fourth-order valence-electron chi connectivity index (χ4n) is 1.89. The van der Waals surface area contributed by atoms with E-state index in [2.05, 4.69) is 5.32 Å². The maximum atomic E-state index is 9.70. The van der Waals surface area contributed by atoms with Crippen LogP contribution in [0.2, 0.25) is 0 Å². The van der Waals surface area contributed by atoms with Crippen LogP contribution in [-0.4, -0.2) is 28.0 Å². The van der Waals surface area contributed by atoms with E-state index in [-0.39, 0.29) is 30.2 Å². The van der Waals surface area contributed by atoms with Crippen LogP contribution in [0.5, 0.6) is 11.5 Å². The van der Waals surface area contributed by atoms with Gasteiger partial charge in [-0.15, -0.1) is 0 Å². The minimum Gasteiger partial charge on any atom is -0.508 e. The molecular weight excluding hydrogens is 218 g/mol. The first-order valence-corrected chi connectivity index (χ1v) is 5.93. The van der Waals surface area contributed by atoms with Crippen LogP contribution in [0.1, 0.15) is 38.3 Å². The minimum absolute atomic E-state index is 0.0456. The van der Waals surface area contributed by atoms with E-state index in [1.807, 2.05) is 13.8 Å². The summed E-state index contributed by atoms with van der Waals surface area (Å²) in [5.41, 5.74) is 0.681. The molecule has 0 aliphatic carbocycles. The van der Waals surface area contributed by atoms with Crippen molar-refractivity contribution in [3.63, 3.8) is 0 Å². The second-order valence-electron chi connectivity index (χ2n) is 4.40. The SMILES string of the molecule is CC(CCCO)NC(C)c1cc(O)ccc1O. The number of rotatable bonds is 6. The van der Waals surface area contributed by atoms with Crippen LogP contribution in [0.4, 0.5) is 0 Å². The number of benzene rings is 1. The Morgan fingerprint density at radius 1 is 1.24 bits per heavy atom. The third-order valence-electron chi connectivity index (χ3n) is 2.81. The maximum absolute atomic E-state index is 9.70. The number of aromatic hydroxyl groups is 2. The smallest absolute Gasteiger partial charge is 0.120 e. The zero-order chi connectivity index (χ0) is 12.8. The van der Waals surface area contributed by atoms with Gasteiger partial charge in [0, 0.05) is 24.3 Å². The predicted molar refractivity (Wildman–Crippen MR) is 67.1 cm³/mol. The second-order valence-corrected chi connectivity index (χ2v) is 4.40. The molecular formula is C13H21NO3. The molecule has 0 aromatic heterocycles. The largest absolute Gasteiger partial charge is 0.508 e. The summed E-state index contributed by atoms with van der Waals surface area (Å²) in [6.45, 7) is 4.16. The molecule has 1 rings (SSSR count). The Kier molecular flexibility index (Phi) is 5.25. The van der Waals surface area contributed by atoms with Crippen LogP contribution >= 0.6 is 0 Å². The lowest BCUT2D eigenvalue weighted by molar-refractivity contribution is 0.274. The summed E-state index contributed by atoms with van der Waals surface area (Å²) in [4.78, 5) is 0. The van der Waals surface area contributed by atoms with Gasteiger partial charge in [0.1, 0.15) is 11.5 Å². The van der Waals surface area contributed by atoms with Crippen LogP contribution in [-0.2, 0) is 0 Å². The standard InChI is InChI=1S/C13H21NO3/c1-9(4-3-7-15)14-10(2)12-8-11(16)5-6-13(12)17/h5-6,8-10,14-17H,3-4,7H2,1-2H3. The average Bonchev–Trinajstić information content (AvgIpc) is 2.29. The molecule has 0 fully saturated rings. The summed E-state index contributed by atoms with van der Waals surface area (Å²) >= 11 is 0. The van der Waals surface area contributed by atoms with Gasteiger partial charge in [-0.1, -0.05) is 0 Å². The highest BCUT2D eigenvalue weighted by molar-refractivity contribution is 5.40. The van der Waals surface area contributed by atoms with E-state index in [0.717, 1.165) is 12.8 Å². The molecule has 4 nitrogen and oxygen atoms in total. The van der Waals surface area contributed by atoms with E-state index < -0.39 is 0 Å². The number of hydrogen-bond acceptors (Lipinski definition) is 4. The van der Waals surface area contributed by atoms with Gasteiger partial charge < -0.3 is 20.6 Å². The second kappa shape index (κ2) is 6.47. The van der Waals surface area contributed by atoms with Crippen molar-refractivity contribution in [3.8, 4) is 11.5 Å². The Morgan fingerprint density at radius 3 is 2.59 bits per heavy atom. The van der Waals surface area contributed by atoms with Crippen LogP contribution in [0.3, 0.4) is 0 Å². The molecule has 96 valence electrons. The summed E-state index contributed by atoms with van der Waals surface area (Å²) < 4.78 is 0. The summed E-state index contributed by atoms with van der Waals surface area (Å²) in [5.74, 6) is 0.326. The van der Waals surface area contributed by atoms with E-state index in [1.165, 1.54) is 12.1 Å². The van der Waals surface area contributed by atoms with Crippen molar-refractivity contribution in [3.05, 3.63) is 23.8 Å². The Bertz CT molecular complexity index is 355. The average molecular weight is 239 g/mol. The quantitative estimate of drug-likeness (QED) is 0.572. The predicted octanol–water partition coefficient (Wildman–Crippen LogP) is 1.91. The summed E-state index contributed by atoms with van der Waals surface area (Å²) in [7, 11) is 0. The lowest BCUT2D eigenvalue weighted by Gasteiger charge is -2.21. The third kappa shape index (κ3) is 4.24. The molecule has 0 saturated heterocycles. The molecule has 0 bridgehead atoms. The number of phenolic OH excluding ortho intramolecular Hbond substituents is 2. The summed E-state index contributed by atoms with van der Waals surface area (Å²) in [6.07, 6.45) is 1.63. The highest BCUT2D eigenvalue weighted by Gasteiger charge is 2.13. The van der Waals surface area contributed by atoms with Crippen molar-refractivity contribution in [1.29, 1.82) is 0 Å². The Morgan fingerprint density at radius 2 is 1.94 bits per heavy atom. The van der Waals surface area contributed by atoms with E-state index in [9.17, 15) is 10.2 Å². The molecule has 2 atom stereocenters. The third-order valence-corrected chi connectivity index (χ3v) is 2.81. The summed E-state index contributed by atoms with van der Waals surface area (Å²) in [6, 6.07) is 4.71. The van der Waals surface area contributed by atoms with Crippen molar-refractivity contribution in [2.75, 3.05) is 6.61 Å². The molecule has 1 aromatic carbocycles. The molecule has 4 heteroatoms. The van der Waals surface area contributed by atoms with E-state index in [0.29, 0.717) is 5.56 Å². The van der Waals surface area contributed by atoms with Crippen molar-refractivity contribution in [2.45, 2.75) is 38.8 Å². The fourth-order valence-corrected chi connectivity index (χ4v) is 1.89. The van der Waals surface area contributed by atoms with E-state index in [4.69, 9.17) is 5.11 Å². The molecule has 0 aliphatic heterocycles. The molecule has 0 aliphatic rings. The molecule has 17 heavy (non-hydrogen) atoms. The van der Waals surface area contributed by atoms with Gasteiger partial charge >= 0.3 is 0 Å². The lowest BCUT2D eigenvalue weighted by Crippen LogP contribution is -2.29. The van der Waals surface area contributed by atoms with E-state index >= 15 is 0 Å². The molecule has 4 N–H and O–H groups in total. The molecule has 0 heterocycles. The Labute approximate surface area is 102 Å². The number of hydrogen-bond donors (Lipinski definition) is 4. The molecule has 1 aromatic rings. The first-order chi connectivity index (χ1) is 8.04. The fraction of sp³-hybridized carbons (Fsp3) is 0.538. The lowest BCUT2D eigenvalue weighted by atomic mass is 10.0. The monoisotopic (exact) mass is 239 g/mol. The molecule has 0 spiro atoms. The van der Waals surface area contributed by atoms with Gasteiger partial charge in [0.15, 0.2) is 0 Å². The van der Waals surface area contributed by atoms with Crippen LogP contribution in [0.15, 0.2) is 18.2 Å². The van der Waals surface area contributed by atoms with Gasteiger partial charge in [-0.05, 0) is 44.9 Å². The minimum atomic E-state index is -0.0456. The Balaban J connectivity index is 2.62. The number of aliphatic hydroxyl groups excluding tert-OH is 1. The highest BCUT2D eigenvalue weighted by Crippen LogP contribution is 2.28. The van der Waals surface area contributed by atoms with Crippen LogP contribution in [0, 0.1) is 0 Å². The van der Waals surface area contributed by atoms with Gasteiger partial charge in [-0.25, -0.2) is 0 Å². The maximum Gasteiger partial charge on any atom is 0.120 e. The van der Waals surface area contributed by atoms with E-state index in [1.54, 1.807) is 6.07 Å². The first kappa shape index (κ1) is 13.8. The number of phenols is 2. The highest BCUT2D eigenvalue weighted by atomic mass is 16.3. The van der Waals surface area contributed by atoms with Crippen molar-refractivity contribution >= 4 is 0 Å². The van der Waals surface area contributed by atoms with Crippen LogP contribution in [0.25, 0.3) is 0 Å². The first-order valence-electron chi connectivity index (χ1n) is 5.93. The number of nitrogens with one attached hydrogen (secondary N) is 1. The van der Waals surface area contributed by atoms with Crippen LogP contribution < -0.4 is 5.32 Å². The Hall–Kier alpha value is -1.26.